The second kappa shape index (κ2) is 6.64. The van der Waals surface area contributed by atoms with Crippen LogP contribution in [0.5, 0.6) is 0 Å². The molecule has 0 aromatic carbocycles. The Balaban J connectivity index is 2.40. The molecule has 1 fully saturated rings. The molecule has 0 bridgehead atoms. The molecule has 0 aromatic heterocycles. The summed E-state index contributed by atoms with van der Waals surface area (Å²) in [6.45, 7) is 12.1. The van der Waals surface area contributed by atoms with Crippen LogP contribution in [0.15, 0.2) is 0 Å². The SMILES string of the molecule is CCCCC1CCCN(C(C)(C)CC)CC1. The first kappa shape index (κ1) is 14.0. The summed E-state index contributed by atoms with van der Waals surface area (Å²) in [6, 6.07) is 0. The molecule has 0 N–H and O–H groups in total. The average molecular weight is 225 g/mol. The Hall–Kier alpha value is -0.0400. The lowest BCUT2D eigenvalue weighted by molar-refractivity contribution is 0.119. The van der Waals surface area contributed by atoms with Gasteiger partial charge in [-0.2, -0.15) is 0 Å². The zero-order valence-electron chi connectivity index (χ0n) is 11.9. The smallest absolute Gasteiger partial charge is 0.0150 e. The summed E-state index contributed by atoms with van der Waals surface area (Å²) >= 11 is 0. The number of nitrogens with zero attached hydrogens (tertiary/aromatic N) is 1. The van der Waals surface area contributed by atoms with E-state index in [1.165, 1.54) is 58.0 Å². The van der Waals surface area contributed by atoms with Gasteiger partial charge >= 0.3 is 0 Å². The van der Waals surface area contributed by atoms with Crippen LogP contribution in [0.2, 0.25) is 0 Å². The molecule has 0 spiro atoms. The van der Waals surface area contributed by atoms with Crippen LogP contribution in [0, 0.1) is 5.92 Å². The summed E-state index contributed by atoms with van der Waals surface area (Å²) in [5.74, 6) is 1.01. The van der Waals surface area contributed by atoms with Gasteiger partial charge in [-0.05, 0) is 58.5 Å². The summed E-state index contributed by atoms with van der Waals surface area (Å²) < 4.78 is 0. The van der Waals surface area contributed by atoms with Crippen molar-refractivity contribution in [3.05, 3.63) is 0 Å². The largest absolute Gasteiger partial charge is 0.298 e. The molecule has 1 heteroatoms. The first-order valence-electron chi connectivity index (χ1n) is 7.35. The van der Waals surface area contributed by atoms with Crippen LogP contribution in [0.25, 0.3) is 0 Å². The number of rotatable bonds is 5. The molecule has 1 unspecified atom stereocenters. The summed E-state index contributed by atoms with van der Waals surface area (Å²) in [7, 11) is 0. The van der Waals surface area contributed by atoms with E-state index in [1.807, 2.05) is 0 Å². The fraction of sp³-hybridized carbons (Fsp3) is 1.00. The van der Waals surface area contributed by atoms with Crippen LogP contribution in [0.4, 0.5) is 0 Å². The fourth-order valence-electron chi connectivity index (χ4n) is 2.78. The van der Waals surface area contributed by atoms with Crippen LogP contribution >= 0.6 is 0 Å². The van der Waals surface area contributed by atoms with E-state index in [0.717, 1.165) is 5.92 Å². The molecule has 0 amide bonds. The Morgan fingerprint density at radius 2 is 1.88 bits per heavy atom. The van der Waals surface area contributed by atoms with Crippen molar-refractivity contribution in [3.63, 3.8) is 0 Å². The highest BCUT2D eigenvalue weighted by molar-refractivity contribution is 4.82. The van der Waals surface area contributed by atoms with Gasteiger partial charge in [0.05, 0.1) is 0 Å². The molecule has 16 heavy (non-hydrogen) atoms. The number of hydrogen-bond donors (Lipinski definition) is 0. The summed E-state index contributed by atoms with van der Waals surface area (Å²) in [6.07, 6.45) is 9.85. The molecular formula is C15H31N. The Morgan fingerprint density at radius 3 is 2.50 bits per heavy atom. The monoisotopic (exact) mass is 225 g/mol. The van der Waals surface area contributed by atoms with Crippen LogP contribution in [0.1, 0.15) is 72.6 Å². The molecule has 1 nitrogen and oxygen atoms in total. The van der Waals surface area contributed by atoms with E-state index in [-0.39, 0.29) is 0 Å². The van der Waals surface area contributed by atoms with Crippen molar-refractivity contribution in [2.24, 2.45) is 5.92 Å². The van der Waals surface area contributed by atoms with Gasteiger partial charge in [0.15, 0.2) is 0 Å². The third-order valence-electron chi connectivity index (χ3n) is 4.53. The van der Waals surface area contributed by atoms with E-state index in [1.54, 1.807) is 0 Å². The van der Waals surface area contributed by atoms with Crippen molar-refractivity contribution in [3.8, 4) is 0 Å². The molecule has 0 aromatic rings. The van der Waals surface area contributed by atoms with E-state index in [9.17, 15) is 0 Å². The molecule has 0 aliphatic carbocycles. The van der Waals surface area contributed by atoms with Crippen molar-refractivity contribution in [2.75, 3.05) is 13.1 Å². The Morgan fingerprint density at radius 1 is 1.12 bits per heavy atom. The molecule has 1 heterocycles. The lowest BCUT2D eigenvalue weighted by atomic mass is 9.94. The second-order valence-electron chi connectivity index (χ2n) is 6.09. The molecule has 1 aliphatic rings. The molecule has 0 radical (unpaired) electrons. The third-order valence-corrected chi connectivity index (χ3v) is 4.53. The van der Waals surface area contributed by atoms with E-state index < -0.39 is 0 Å². The van der Waals surface area contributed by atoms with E-state index >= 15 is 0 Å². The molecule has 1 atom stereocenters. The lowest BCUT2D eigenvalue weighted by Gasteiger charge is -2.37. The zero-order chi connectivity index (χ0) is 12.0. The van der Waals surface area contributed by atoms with Crippen molar-refractivity contribution in [1.82, 2.24) is 4.90 Å². The van der Waals surface area contributed by atoms with Gasteiger partial charge in [-0.1, -0.05) is 33.1 Å². The van der Waals surface area contributed by atoms with Crippen molar-refractivity contribution in [2.45, 2.75) is 78.2 Å². The van der Waals surface area contributed by atoms with E-state index in [2.05, 4.69) is 32.6 Å². The van der Waals surface area contributed by atoms with Crippen LogP contribution in [-0.2, 0) is 0 Å². The summed E-state index contributed by atoms with van der Waals surface area (Å²) in [5.41, 5.74) is 0.416. The van der Waals surface area contributed by atoms with Crippen molar-refractivity contribution >= 4 is 0 Å². The molecule has 1 rings (SSSR count). The second-order valence-corrected chi connectivity index (χ2v) is 6.09. The standard InChI is InChI=1S/C15H31N/c1-5-7-9-14-10-8-12-16(13-11-14)15(3,4)6-2/h14H,5-13H2,1-4H3. The maximum absolute atomic E-state index is 2.72. The Labute approximate surface area is 103 Å². The van der Waals surface area contributed by atoms with E-state index in [4.69, 9.17) is 0 Å². The van der Waals surface area contributed by atoms with E-state index in [0.29, 0.717) is 5.54 Å². The number of likely N-dealkylation sites (tertiary alicyclic amines) is 1. The normalized spacial score (nSPS) is 24.4. The summed E-state index contributed by atoms with van der Waals surface area (Å²) in [4.78, 5) is 2.72. The molecule has 1 aliphatic heterocycles. The van der Waals surface area contributed by atoms with Crippen molar-refractivity contribution < 1.29 is 0 Å². The highest BCUT2D eigenvalue weighted by Crippen LogP contribution is 2.27. The third kappa shape index (κ3) is 4.08. The first-order valence-corrected chi connectivity index (χ1v) is 7.35. The van der Waals surface area contributed by atoms with Gasteiger partial charge in [0, 0.05) is 5.54 Å². The fourth-order valence-corrected chi connectivity index (χ4v) is 2.78. The highest BCUT2D eigenvalue weighted by Gasteiger charge is 2.27. The molecular weight excluding hydrogens is 194 g/mol. The van der Waals surface area contributed by atoms with Crippen molar-refractivity contribution in [1.29, 1.82) is 0 Å². The quantitative estimate of drug-likeness (QED) is 0.667. The number of hydrogen-bond acceptors (Lipinski definition) is 1. The maximum Gasteiger partial charge on any atom is 0.0150 e. The predicted octanol–water partition coefficient (Wildman–Crippen LogP) is 4.47. The lowest BCUT2D eigenvalue weighted by Crippen LogP contribution is -2.43. The predicted molar refractivity (Wildman–Crippen MR) is 72.8 cm³/mol. The summed E-state index contributed by atoms with van der Waals surface area (Å²) in [5, 5.41) is 0. The average Bonchev–Trinajstić information content (AvgIpc) is 2.52. The van der Waals surface area contributed by atoms with Gasteiger partial charge < -0.3 is 0 Å². The van der Waals surface area contributed by atoms with Gasteiger partial charge in [0.25, 0.3) is 0 Å². The van der Waals surface area contributed by atoms with Gasteiger partial charge in [0.2, 0.25) is 0 Å². The van der Waals surface area contributed by atoms with Crippen LogP contribution < -0.4 is 0 Å². The van der Waals surface area contributed by atoms with Gasteiger partial charge in [-0.3, -0.25) is 4.90 Å². The van der Waals surface area contributed by atoms with Gasteiger partial charge in [-0.25, -0.2) is 0 Å². The minimum Gasteiger partial charge on any atom is -0.298 e. The first-order chi connectivity index (χ1) is 7.60. The topological polar surface area (TPSA) is 3.24 Å². The van der Waals surface area contributed by atoms with Gasteiger partial charge in [0.1, 0.15) is 0 Å². The van der Waals surface area contributed by atoms with Crippen LogP contribution in [0.3, 0.4) is 0 Å². The molecule has 96 valence electrons. The Bertz CT molecular complexity index is 186. The Kier molecular flexibility index (Phi) is 5.82. The molecule has 0 saturated carbocycles. The maximum atomic E-state index is 2.72. The van der Waals surface area contributed by atoms with Gasteiger partial charge in [-0.15, -0.1) is 0 Å². The minimum atomic E-state index is 0.416. The zero-order valence-corrected chi connectivity index (χ0v) is 11.9. The molecule has 1 saturated heterocycles. The van der Waals surface area contributed by atoms with Crippen LogP contribution in [-0.4, -0.2) is 23.5 Å². The number of unbranched alkanes of at least 4 members (excludes halogenated alkanes) is 1. The minimum absolute atomic E-state index is 0.416. The highest BCUT2D eigenvalue weighted by atomic mass is 15.2.